The van der Waals surface area contributed by atoms with Gasteiger partial charge in [0.25, 0.3) is 5.91 Å². The van der Waals surface area contributed by atoms with Crippen molar-refractivity contribution in [2.45, 2.75) is 32.6 Å². The van der Waals surface area contributed by atoms with E-state index in [0.717, 1.165) is 5.56 Å². The molecule has 0 radical (unpaired) electrons. The summed E-state index contributed by atoms with van der Waals surface area (Å²) in [6, 6.07) is 22.4. The molecule has 5 rings (SSSR count). The minimum Gasteiger partial charge on any atom is -0.481 e. The van der Waals surface area contributed by atoms with Crippen molar-refractivity contribution in [3.8, 4) is 11.3 Å². The van der Waals surface area contributed by atoms with E-state index in [2.05, 4.69) is 36.4 Å². The third kappa shape index (κ3) is 5.96. The van der Waals surface area contributed by atoms with E-state index in [4.69, 9.17) is 10.1 Å². The van der Waals surface area contributed by atoms with Crippen LogP contribution in [0.25, 0.3) is 16.9 Å². The molecule has 0 aliphatic carbocycles. The van der Waals surface area contributed by atoms with Crippen LogP contribution >= 0.6 is 0 Å². The number of amides is 1. The van der Waals surface area contributed by atoms with Gasteiger partial charge in [0.05, 0.1) is 12.1 Å². The van der Waals surface area contributed by atoms with E-state index in [1.807, 2.05) is 71.4 Å². The molecule has 39 heavy (non-hydrogen) atoms. The number of carbonyl (C=O) groups excluding carboxylic acids is 1. The van der Waals surface area contributed by atoms with Crippen LogP contribution in [0.4, 0.5) is 17.2 Å². The molecule has 0 spiro atoms. The molecule has 5 aromatic rings. The second-order valence-electron chi connectivity index (χ2n) is 10.4. The van der Waals surface area contributed by atoms with Gasteiger partial charge in [-0.25, -0.2) is 9.97 Å². The van der Waals surface area contributed by atoms with Crippen molar-refractivity contribution in [1.29, 1.82) is 0 Å². The summed E-state index contributed by atoms with van der Waals surface area (Å²) < 4.78 is 1.87. The molecular weight excluding hydrogens is 490 g/mol. The van der Waals surface area contributed by atoms with Gasteiger partial charge in [-0.3, -0.25) is 9.59 Å². The van der Waals surface area contributed by atoms with Crippen LogP contribution in [-0.4, -0.2) is 31.4 Å². The largest absolute Gasteiger partial charge is 0.481 e. The standard InChI is InChI=1S/C31H29N5O3/c1-31(2,3)23-12-10-21(11-13-23)30(39)34-25-9-5-7-22(18-25)26-19-36-15-14-32-29(36)28(35-26)33-24-8-4-6-20(16-24)17-27(37)38/h4-16,18-19H,17H2,1-3H3,(H,33,35)(H,34,39)(H,37,38). The van der Waals surface area contributed by atoms with Crippen LogP contribution in [0.1, 0.15) is 42.3 Å². The number of fused-ring (bicyclic) bond motifs is 1. The number of carbonyl (C=O) groups is 2. The molecule has 8 heteroatoms. The number of benzene rings is 3. The molecule has 3 N–H and O–H groups in total. The molecule has 0 aliphatic heterocycles. The van der Waals surface area contributed by atoms with Crippen LogP contribution in [0.2, 0.25) is 0 Å². The summed E-state index contributed by atoms with van der Waals surface area (Å²) in [7, 11) is 0. The van der Waals surface area contributed by atoms with Crippen molar-refractivity contribution in [3.05, 3.63) is 108 Å². The molecule has 1 amide bonds. The zero-order valence-corrected chi connectivity index (χ0v) is 22.0. The first-order valence-electron chi connectivity index (χ1n) is 12.6. The fraction of sp³-hybridized carbons (Fsp3) is 0.161. The molecule has 3 aromatic carbocycles. The van der Waals surface area contributed by atoms with Gasteiger partial charge in [-0.15, -0.1) is 0 Å². The Bertz CT molecular complexity index is 1670. The SMILES string of the molecule is CC(C)(C)c1ccc(C(=O)Nc2cccc(-c3cn4ccnc4c(Nc4cccc(CC(=O)O)c4)n3)c2)cc1. The highest BCUT2D eigenvalue weighted by Gasteiger charge is 2.15. The second-order valence-corrected chi connectivity index (χ2v) is 10.4. The van der Waals surface area contributed by atoms with E-state index in [0.29, 0.717) is 39.7 Å². The second kappa shape index (κ2) is 10.4. The Morgan fingerprint density at radius 1 is 0.949 bits per heavy atom. The molecular formula is C31H29N5O3. The monoisotopic (exact) mass is 519 g/mol. The van der Waals surface area contributed by atoms with E-state index in [9.17, 15) is 9.59 Å². The molecule has 196 valence electrons. The number of hydrogen-bond acceptors (Lipinski definition) is 5. The summed E-state index contributed by atoms with van der Waals surface area (Å²) in [5, 5.41) is 15.4. The maximum atomic E-state index is 12.9. The Morgan fingerprint density at radius 2 is 1.69 bits per heavy atom. The fourth-order valence-electron chi connectivity index (χ4n) is 4.31. The van der Waals surface area contributed by atoms with Gasteiger partial charge in [0.2, 0.25) is 0 Å². The van der Waals surface area contributed by atoms with Crippen LogP contribution in [-0.2, 0) is 16.6 Å². The lowest BCUT2D eigenvalue weighted by atomic mass is 9.87. The highest BCUT2D eigenvalue weighted by Crippen LogP contribution is 2.27. The highest BCUT2D eigenvalue weighted by molar-refractivity contribution is 6.04. The van der Waals surface area contributed by atoms with Gasteiger partial charge in [0, 0.05) is 41.1 Å². The third-order valence-electron chi connectivity index (χ3n) is 6.35. The summed E-state index contributed by atoms with van der Waals surface area (Å²) in [4.78, 5) is 33.3. The van der Waals surface area contributed by atoms with Gasteiger partial charge >= 0.3 is 5.97 Å². The number of anilines is 3. The van der Waals surface area contributed by atoms with Crippen LogP contribution in [0.3, 0.4) is 0 Å². The number of aliphatic carboxylic acids is 1. The number of nitrogens with one attached hydrogen (secondary N) is 2. The summed E-state index contributed by atoms with van der Waals surface area (Å²) in [5.41, 5.74) is 5.93. The molecule has 0 saturated heterocycles. The lowest BCUT2D eigenvalue weighted by molar-refractivity contribution is -0.136. The van der Waals surface area contributed by atoms with Crippen molar-refractivity contribution >= 4 is 34.7 Å². The summed E-state index contributed by atoms with van der Waals surface area (Å²) in [6.45, 7) is 6.42. The third-order valence-corrected chi connectivity index (χ3v) is 6.35. The van der Waals surface area contributed by atoms with Gasteiger partial charge in [0.1, 0.15) is 0 Å². The maximum Gasteiger partial charge on any atom is 0.307 e. The Hall–Kier alpha value is -4.98. The van der Waals surface area contributed by atoms with E-state index in [1.165, 1.54) is 5.56 Å². The number of rotatable bonds is 7. The highest BCUT2D eigenvalue weighted by atomic mass is 16.4. The number of nitrogens with zero attached hydrogens (tertiary/aromatic N) is 3. The molecule has 0 unspecified atom stereocenters. The Labute approximate surface area is 226 Å². The van der Waals surface area contributed by atoms with Gasteiger partial charge in [0.15, 0.2) is 11.5 Å². The van der Waals surface area contributed by atoms with E-state index in [-0.39, 0.29) is 17.7 Å². The first kappa shape index (κ1) is 25.7. The number of aromatic nitrogens is 3. The van der Waals surface area contributed by atoms with Crippen LogP contribution in [0.15, 0.2) is 91.4 Å². The van der Waals surface area contributed by atoms with E-state index in [1.54, 1.807) is 24.4 Å². The van der Waals surface area contributed by atoms with Crippen molar-refractivity contribution in [2.24, 2.45) is 0 Å². The first-order valence-corrected chi connectivity index (χ1v) is 12.6. The lowest BCUT2D eigenvalue weighted by Gasteiger charge is -2.19. The summed E-state index contributed by atoms with van der Waals surface area (Å²) in [6.07, 6.45) is 5.33. The maximum absolute atomic E-state index is 12.9. The average Bonchev–Trinajstić information content (AvgIpc) is 3.37. The molecule has 2 aromatic heterocycles. The Balaban J connectivity index is 1.41. The Morgan fingerprint density at radius 3 is 2.44 bits per heavy atom. The molecule has 8 nitrogen and oxygen atoms in total. The van der Waals surface area contributed by atoms with E-state index >= 15 is 0 Å². The molecule has 0 saturated carbocycles. The van der Waals surface area contributed by atoms with Gasteiger partial charge < -0.3 is 20.1 Å². The first-order chi connectivity index (χ1) is 18.7. The minimum absolute atomic E-state index is 0.0155. The van der Waals surface area contributed by atoms with Gasteiger partial charge in [-0.2, -0.15) is 0 Å². The smallest absolute Gasteiger partial charge is 0.307 e. The van der Waals surface area contributed by atoms with Gasteiger partial charge in [-0.1, -0.05) is 57.2 Å². The zero-order valence-electron chi connectivity index (χ0n) is 22.0. The number of carboxylic acids is 1. The quantitative estimate of drug-likeness (QED) is 0.232. The summed E-state index contributed by atoms with van der Waals surface area (Å²) >= 11 is 0. The normalized spacial score (nSPS) is 11.4. The average molecular weight is 520 g/mol. The fourth-order valence-corrected chi connectivity index (χ4v) is 4.31. The lowest BCUT2D eigenvalue weighted by Crippen LogP contribution is -2.14. The molecule has 0 aliphatic rings. The number of carboxylic acid groups (broad SMARTS) is 1. The number of imidazole rings is 1. The van der Waals surface area contributed by atoms with E-state index < -0.39 is 5.97 Å². The van der Waals surface area contributed by atoms with Crippen LogP contribution in [0, 0.1) is 0 Å². The summed E-state index contributed by atoms with van der Waals surface area (Å²) in [5.74, 6) is -0.551. The van der Waals surface area contributed by atoms with Crippen LogP contribution < -0.4 is 10.6 Å². The predicted molar refractivity (Wildman–Crippen MR) is 153 cm³/mol. The van der Waals surface area contributed by atoms with Gasteiger partial charge in [-0.05, 0) is 52.9 Å². The predicted octanol–water partition coefficient (Wildman–Crippen LogP) is 6.32. The Kier molecular flexibility index (Phi) is 6.85. The number of hydrogen-bond donors (Lipinski definition) is 3. The zero-order chi connectivity index (χ0) is 27.6. The van der Waals surface area contributed by atoms with Crippen molar-refractivity contribution in [2.75, 3.05) is 10.6 Å². The topological polar surface area (TPSA) is 109 Å². The van der Waals surface area contributed by atoms with Crippen molar-refractivity contribution in [1.82, 2.24) is 14.4 Å². The molecule has 0 bridgehead atoms. The molecule has 0 fully saturated rings. The van der Waals surface area contributed by atoms with Crippen molar-refractivity contribution < 1.29 is 14.7 Å². The van der Waals surface area contributed by atoms with Crippen LogP contribution in [0.5, 0.6) is 0 Å². The molecule has 0 atom stereocenters. The van der Waals surface area contributed by atoms with Crippen molar-refractivity contribution in [3.63, 3.8) is 0 Å². The molecule has 2 heterocycles. The minimum atomic E-state index is -0.892.